The molecule has 4 nitrogen and oxygen atoms in total. The highest BCUT2D eigenvalue weighted by Gasteiger charge is 2.30. The third kappa shape index (κ3) is 4.67. The average Bonchev–Trinajstić information content (AvgIpc) is 3.31. The first-order chi connectivity index (χ1) is 16.2. The summed E-state index contributed by atoms with van der Waals surface area (Å²) in [6.45, 7) is 0. The molecule has 1 aliphatic heterocycles. The van der Waals surface area contributed by atoms with E-state index in [0.29, 0.717) is 6.42 Å². The molecule has 0 aromatic heterocycles. The first-order valence-corrected chi connectivity index (χ1v) is 10.8. The summed E-state index contributed by atoms with van der Waals surface area (Å²) in [7, 11) is 0. The Hall–Kier alpha value is -4.25. The van der Waals surface area contributed by atoms with Crippen LogP contribution in [-0.2, 0) is 0 Å². The third-order valence-electron chi connectivity index (χ3n) is 5.62. The fourth-order valence-electron chi connectivity index (χ4n) is 3.92. The Morgan fingerprint density at radius 1 is 0.879 bits per heavy atom. The Balaban J connectivity index is 1.45. The smallest absolute Gasteiger partial charge is 0.123 e. The van der Waals surface area contributed by atoms with E-state index in [-0.39, 0.29) is 17.6 Å². The monoisotopic (exact) mass is 435 g/mol. The second kappa shape index (κ2) is 9.09. The zero-order valence-corrected chi connectivity index (χ0v) is 17.8. The molecule has 0 bridgehead atoms. The number of phenolic OH excluding ortho intramolecular Hbond substituents is 1. The first-order valence-electron chi connectivity index (χ1n) is 10.8. The van der Waals surface area contributed by atoms with Crippen molar-refractivity contribution in [2.75, 3.05) is 5.01 Å². The van der Waals surface area contributed by atoms with Crippen LogP contribution in [0.3, 0.4) is 0 Å². The summed E-state index contributed by atoms with van der Waals surface area (Å²) in [4.78, 5) is 4.59. The number of phenols is 1. The van der Waals surface area contributed by atoms with Gasteiger partial charge in [0.2, 0.25) is 0 Å². The van der Waals surface area contributed by atoms with Gasteiger partial charge in [-0.05, 0) is 77.4 Å². The van der Waals surface area contributed by atoms with Crippen LogP contribution in [0, 0.1) is 5.82 Å². The fourth-order valence-corrected chi connectivity index (χ4v) is 3.92. The van der Waals surface area contributed by atoms with Gasteiger partial charge in [0.25, 0.3) is 0 Å². The van der Waals surface area contributed by atoms with Gasteiger partial charge in [-0.25, -0.2) is 4.39 Å². The summed E-state index contributed by atoms with van der Waals surface area (Å²) in [5.74, 6) is -0.0181. The Kier molecular flexibility index (Phi) is 5.68. The summed E-state index contributed by atoms with van der Waals surface area (Å²) in [5.41, 5.74) is 5.68. The molecule has 0 saturated carbocycles. The lowest BCUT2D eigenvalue weighted by Crippen LogP contribution is -2.18. The number of halogens is 1. The molecule has 0 spiro atoms. The Labute approximate surface area is 192 Å². The standard InChI is InChI=1S/C28H22FN3O/c29-23-13-11-21(12-14-23)28-18-27(31-32(28)25-7-2-1-3-8-25)22-5-4-6-24(17-22)30-19-20-9-15-26(33)16-10-20/h1-17,19,28,33H,18H2. The predicted molar refractivity (Wildman–Crippen MR) is 131 cm³/mol. The highest BCUT2D eigenvalue weighted by Crippen LogP contribution is 2.37. The van der Waals surface area contributed by atoms with Crippen molar-refractivity contribution >= 4 is 23.3 Å². The molecular formula is C28H22FN3O. The molecule has 162 valence electrons. The van der Waals surface area contributed by atoms with Gasteiger partial charge >= 0.3 is 0 Å². The minimum absolute atomic E-state index is 0.0212. The van der Waals surface area contributed by atoms with Crippen molar-refractivity contribution in [3.05, 3.63) is 126 Å². The number of hydrogen-bond acceptors (Lipinski definition) is 4. The van der Waals surface area contributed by atoms with Crippen LogP contribution in [0.5, 0.6) is 5.75 Å². The summed E-state index contributed by atoms with van der Waals surface area (Å²) in [6.07, 6.45) is 2.47. The van der Waals surface area contributed by atoms with Gasteiger partial charge in [-0.2, -0.15) is 5.10 Å². The van der Waals surface area contributed by atoms with E-state index < -0.39 is 0 Å². The van der Waals surface area contributed by atoms with Crippen molar-refractivity contribution in [1.29, 1.82) is 0 Å². The van der Waals surface area contributed by atoms with Crippen LogP contribution in [0.2, 0.25) is 0 Å². The second-order valence-electron chi connectivity index (χ2n) is 7.90. The van der Waals surface area contributed by atoms with E-state index in [0.717, 1.165) is 33.8 Å². The van der Waals surface area contributed by atoms with E-state index in [1.807, 2.05) is 83.9 Å². The van der Waals surface area contributed by atoms with Gasteiger partial charge in [0.05, 0.1) is 23.1 Å². The molecule has 0 fully saturated rings. The maximum Gasteiger partial charge on any atom is 0.123 e. The normalized spacial score (nSPS) is 15.7. The van der Waals surface area contributed by atoms with Gasteiger partial charge in [0.1, 0.15) is 11.6 Å². The molecule has 1 atom stereocenters. The van der Waals surface area contributed by atoms with Crippen LogP contribution in [0.1, 0.15) is 29.2 Å². The molecule has 1 N–H and O–H groups in total. The Morgan fingerprint density at radius 3 is 2.39 bits per heavy atom. The van der Waals surface area contributed by atoms with Crippen molar-refractivity contribution in [3.63, 3.8) is 0 Å². The number of anilines is 1. The maximum atomic E-state index is 13.5. The molecule has 0 saturated heterocycles. The third-order valence-corrected chi connectivity index (χ3v) is 5.62. The van der Waals surface area contributed by atoms with Crippen molar-refractivity contribution in [3.8, 4) is 5.75 Å². The van der Waals surface area contributed by atoms with Crippen LogP contribution in [0.25, 0.3) is 0 Å². The second-order valence-corrected chi connectivity index (χ2v) is 7.90. The largest absolute Gasteiger partial charge is 0.508 e. The number of aliphatic imine (C=N–C) groups is 1. The summed E-state index contributed by atoms with van der Waals surface area (Å²) in [6, 6.07) is 31.5. The summed E-state index contributed by atoms with van der Waals surface area (Å²) < 4.78 is 13.5. The van der Waals surface area contributed by atoms with Gasteiger partial charge in [-0.1, -0.05) is 42.5 Å². The Bertz CT molecular complexity index is 1300. The quantitative estimate of drug-likeness (QED) is 0.357. The van der Waals surface area contributed by atoms with Crippen LogP contribution in [0.15, 0.2) is 113 Å². The fraction of sp³-hybridized carbons (Fsp3) is 0.0714. The number of para-hydroxylation sites is 1. The molecule has 0 aliphatic carbocycles. The number of hydrogen-bond donors (Lipinski definition) is 1. The minimum atomic E-state index is -0.247. The van der Waals surface area contributed by atoms with Crippen molar-refractivity contribution in [2.45, 2.75) is 12.5 Å². The molecule has 5 heteroatoms. The van der Waals surface area contributed by atoms with Crippen molar-refractivity contribution < 1.29 is 9.50 Å². The van der Waals surface area contributed by atoms with Gasteiger partial charge in [-0.3, -0.25) is 10.0 Å². The molecule has 4 aromatic rings. The molecule has 0 amide bonds. The number of benzene rings is 4. The van der Waals surface area contributed by atoms with E-state index in [9.17, 15) is 9.50 Å². The van der Waals surface area contributed by atoms with Crippen molar-refractivity contribution in [2.24, 2.45) is 10.1 Å². The Morgan fingerprint density at radius 2 is 1.64 bits per heavy atom. The zero-order chi connectivity index (χ0) is 22.6. The van der Waals surface area contributed by atoms with E-state index in [1.165, 1.54) is 12.1 Å². The van der Waals surface area contributed by atoms with Crippen LogP contribution >= 0.6 is 0 Å². The molecular weight excluding hydrogens is 413 g/mol. The van der Waals surface area contributed by atoms with E-state index in [4.69, 9.17) is 5.10 Å². The zero-order valence-electron chi connectivity index (χ0n) is 17.8. The summed E-state index contributed by atoms with van der Waals surface area (Å²) >= 11 is 0. The van der Waals surface area contributed by atoms with Gasteiger partial charge in [0, 0.05) is 12.6 Å². The highest BCUT2D eigenvalue weighted by molar-refractivity contribution is 6.04. The highest BCUT2D eigenvalue weighted by atomic mass is 19.1. The van der Waals surface area contributed by atoms with Crippen LogP contribution < -0.4 is 5.01 Å². The summed E-state index contributed by atoms with van der Waals surface area (Å²) in [5, 5.41) is 16.4. The SMILES string of the molecule is Oc1ccc(C=Nc2cccc(C3=NN(c4ccccc4)C(c4ccc(F)cc4)C3)c2)cc1. The molecule has 33 heavy (non-hydrogen) atoms. The predicted octanol–water partition coefficient (Wildman–Crippen LogP) is 6.64. The number of rotatable bonds is 5. The van der Waals surface area contributed by atoms with Gasteiger partial charge < -0.3 is 5.11 Å². The van der Waals surface area contributed by atoms with E-state index in [2.05, 4.69) is 4.99 Å². The molecule has 5 rings (SSSR count). The minimum Gasteiger partial charge on any atom is -0.508 e. The molecule has 1 unspecified atom stereocenters. The molecule has 1 aliphatic rings. The van der Waals surface area contributed by atoms with E-state index >= 15 is 0 Å². The van der Waals surface area contributed by atoms with Gasteiger partial charge in [-0.15, -0.1) is 0 Å². The number of nitrogens with zero attached hydrogens (tertiary/aromatic N) is 3. The number of aromatic hydroxyl groups is 1. The lowest BCUT2D eigenvalue weighted by Gasteiger charge is -2.23. The average molecular weight is 436 g/mol. The lowest BCUT2D eigenvalue weighted by atomic mass is 9.98. The van der Waals surface area contributed by atoms with Gasteiger partial charge in [0.15, 0.2) is 0 Å². The van der Waals surface area contributed by atoms with Crippen LogP contribution in [0.4, 0.5) is 15.8 Å². The first kappa shape index (κ1) is 20.6. The lowest BCUT2D eigenvalue weighted by molar-refractivity contribution is 0.475. The van der Waals surface area contributed by atoms with Crippen LogP contribution in [-0.4, -0.2) is 17.0 Å². The molecule has 0 radical (unpaired) electrons. The molecule has 4 aromatic carbocycles. The van der Waals surface area contributed by atoms with Crippen molar-refractivity contribution in [1.82, 2.24) is 0 Å². The number of hydrazone groups is 1. The van der Waals surface area contributed by atoms with E-state index in [1.54, 1.807) is 18.3 Å². The molecule has 1 heterocycles. The maximum absolute atomic E-state index is 13.5. The topological polar surface area (TPSA) is 48.2 Å².